The summed E-state index contributed by atoms with van der Waals surface area (Å²) in [6.45, 7) is -0.576. The Hall–Kier alpha value is -2.44. The average Bonchev–Trinajstić information content (AvgIpc) is 2.66. The Morgan fingerprint density at radius 3 is 2.44 bits per heavy atom. The van der Waals surface area contributed by atoms with Gasteiger partial charge in [0, 0.05) is 36.0 Å². The van der Waals surface area contributed by atoms with Crippen LogP contribution in [-0.4, -0.2) is 46.9 Å². The molecule has 0 spiro atoms. The molecular weight excluding hydrogens is 475 g/mol. The summed E-state index contributed by atoms with van der Waals surface area (Å²) >= 11 is 5.85. The zero-order chi connectivity index (χ0) is 23.9. The number of aryl methyl sites for hydroxylation is 1. The van der Waals surface area contributed by atoms with Crippen molar-refractivity contribution in [2.45, 2.75) is 38.4 Å². The molecule has 13 heteroatoms. The standard InChI is InChI=1S/C19H21ClF3N3O5S/c20-14-6-4-13(5-7-14)15-11-18(28)26(16(25-15)3-1-8-19(21,22)23)12-17(27)24-9-2-10-32(29,30)31/h4-7,11H,1-3,8-10,12H2,(H,24,27)(H,29,30,31). The highest BCUT2D eigenvalue weighted by Gasteiger charge is 2.26. The first-order valence-corrected chi connectivity index (χ1v) is 11.5. The maximum Gasteiger partial charge on any atom is 0.389 e. The summed E-state index contributed by atoms with van der Waals surface area (Å²) in [6, 6.07) is 7.54. The molecule has 0 atom stereocenters. The molecule has 1 amide bonds. The molecule has 0 aliphatic heterocycles. The third-order valence-corrected chi connectivity index (χ3v) is 5.35. The predicted molar refractivity (Wildman–Crippen MR) is 112 cm³/mol. The first-order chi connectivity index (χ1) is 14.8. The van der Waals surface area contributed by atoms with E-state index < -0.39 is 46.5 Å². The van der Waals surface area contributed by atoms with E-state index in [1.807, 2.05) is 0 Å². The predicted octanol–water partition coefficient (Wildman–Crippen LogP) is 2.84. The lowest BCUT2D eigenvalue weighted by molar-refractivity contribution is -0.135. The molecule has 1 aromatic heterocycles. The molecule has 1 aromatic carbocycles. The van der Waals surface area contributed by atoms with Crippen LogP contribution >= 0.6 is 11.6 Å². The minimum Gasteiger partial charge on any atom is -0.355 e. The average molecular weight is 496 g/mol. The highest BCUT2D eigenvalue weighted by Crippen LogP contribution is 2.23. The SMILES string of the molecule is O=C(Cn1c(CCCC(F)(F)F)nc(-c2ccc(Cl)cc2)cc1=O)NCCCS(=O)(=O)O. The summed E-state index contributed by atoms with van der Waals surface area (Å²) in [6.07, 6.45) is -6.01. The van der Waals surface area contributed by atoms with Crippen molar-refractivity contribution < 1.29 is 30.9 Å². The van der Waals surface area contributed by atoms with Gasteiger partial charge < -0.3 is 5.32 Å². The van der Waals surface area contributed by atoms with Gasteiger partial charge in [-0.3, -0.25) is 18.7 Å². The van der Waals surface area contributed by atoms with Gasteiger partial charge in [-0.25, -0.2) is 4.98 Å². The maximum atomic E-state index is 12.6. The molecule has 0 aliphatic carbocycles. The van der Waals surface area contributed by atoms with E-state index in [4.69, 9.17) is 16.2 Å². The molecule has 8 nitrogen and oxygen atoms in total. The van der Waals surface area contributed by atoms with Gasteiger partial charge in [-0.15, -0.1) is 0 Å². The molecule has 0 aliphatic rings. The molecule has 176 valence electrons. The van der Waals surface area contributed by atoms with Crippen molar-refractivity contribution in [2.75, 3.05) is 12.3 Å². The molecule has 0 unspecified atom stereocenters. The fourth-order valence-corrected chi connectivity index (χ4v) is 3.45. The van der Waals surface area contributed by atoms with Gasteiger partial charge in [0.15, 0.2) is 0 Å². The summed E-state index contributed by atoms with van der Waals surface area (Å²) < 4.78 is 68.7. The number of carbonyl (C=O) groups excluding carboxylic acids is 1. The molecule has 0 radical (unpaired) electrons. The number of nitrogens with one attached hydrogen (secondary N) is 1. The lowest BCUT2D eigenvalue weighted by Crippen LogP contribution is -2.35. The third-order valence-electron chi connectivity index (χ3n) is 4.29. The Morgan fingerprint density at radius 2 is 1.84 bits per heavy atom. The fraction of sp³-hybridized carbons (Fsp3) is 0.421. The van der Waals surface area contributed by atoms with Gasteiger partial charge in [0.05, 0.1) is 11.4 Å². The van der Waals surface area contributed by atoms with Gasteiger partial charge in [-0.05, 0) is 25.0 Å². The number of alkyl halides is 3. The molecule has 32 heavy (non-hydrogen) atoms. The Morgan fingerprint density at radius 1 is 1.19 bits per heavy atom. The van der Waals surface area contributed by atoms with Crippen molar-refractivity contribution >= 4 is 27.6 Å². The van der Waals surface area contributed by atoms with Crippen LogP contribution < -0.4 is 10.9 Å². The molecule has 1 heterocycles. The van der Waals surface area contributed by atoms with Gasteiger partial charge in [0.1, 0.15) is 12.4 Å². The number of amides is 1. The summed E-state index contributed by atoms with van der Waals surface area (Å²) in [5.41, 5.74) is 0.143. The van der Waals surface area contributed by atoms with Gasteiger partial charge in [0.2, 0.25) is 5.91 Å². The van der Waals surface area contributed by atoms with Crippen molar-refractivity contribution in [3.63, 3.8) is 0 Å². The molecule has 0 bridgehead atoms. The quantitative estimate of drug-likeness (QED) is 0.386. The molecule has 2 aromatic rings. The fourth-order valence-electron chi connectivity index (χ4n) is 2.81. The van der Waals surface area contributed by atoms with E-state index in [1.165, 1.54) is 6.07 Å². The molecule has 0 fully saturated rings. The number of halogens is 4. The van der Waals surface area contributed by atoms with Gasteiger partial charge in [0.25, 0.3) is 15.7 Å². The van der Waals surface area contributed by atoms with E-state index in [-0.39, 0.29) is 37.3 Å². The van der Waals surface area contributed by atoms with Crippen LogP contribution in [0.2, 0.25) is 5.02 Å². The Kier molecular flexibility index (Phi) is 8.81. The summed E-state index contributed by atoms with van der Waals surface area (Å²) in [5, 5.41) is 2.85. The van der Waals surface area contributed by atoms with Crippen LogP contribution in [0.25, 0.3) is 11.3 Å². The molecular formula is C19H21ClF3N3O5S. The minimum absolute atomic E-state index is 0.0137. The highest BCUT2D eigenvalue weighted by molar-refractivity contribution is 7.85. The van der Waals surface area contributed by atoms with E-state index in [9.17, 15) is 31.2 Å². The second kappa shape index (κ2) is 10.9. The second-order valence-corrected chi connectivity index (χ2v) is 8.96. The number of carbonyl (C=O) groups is 1. The van der Waals surface area contributed by atoms with Crippen LogP contribution in [0.15, 0.2) is 35.1 Å². The van der Waals surface area contributed by atoms with Crippen molar-refractivity contribution in [2.24, 2.45) is 0 Å². The Labute approximate surface area is 187 Å². The zero-order valence-electron chi connectivity index (χ0n) is 16.7. The topological polar surface area (TPSA) is 118 Å². The number of hydrogen-bond donors (Lipinski definition) is 2. The van der Waals surface area contributed by atoms with Crippen molar-refractivity contribution in [1.29, 1.82) is 0 Å². The van der Waals surface area contributed by atoms with Crippen LogP contribution in [0.3, 0.4) is 0 Å². The second-order valence-electron chi connectivity index (χ2n) is 6.95. The van der Waals surface area contributed by atoms with E-state index in [1.54, 1.807) is 24.3 Å². The summed E-state index contributed by atoms with van der Waals surface area (Å²) in [5.74, 6) is -1.19. The van der Waals surface area contributed by atoms with Crippen LogP contribution in [0.1, 0.15) is 25.1 Å². The van der Waals surface area contributed by atoms with Gasteiger partial charge in [-0.1, -0.05) is 23.7 Å². The molecule has 2 rings (SSSR count). The smallest absolute Gasteiger partial charge is 0.355 e. The number of rotatable bonds is 10. The lowest BCUT2D eigenvalue weighted by atomic mass is 10.1. The van der Waals surface area contributed by atoms with Gasteiger partial charge >= 0.3 is 6.18 Å². The van der Waals surface area contributed by atoms with Crippen molar-refractivity contribution in [3.8, 4) is 11.3 Å². The lowest BCUT2D eigenvalue weighted by Gasteiger charge is -2.14. The van der Waals surface area contributed by atoms with E-state index in [2.05, 4.69) is 10.3 Å². The minimum atomic E-state index is -4.37. The summed E-state index contributed by atoms with van der Waals surface area (Å²) in [7, 11) is -4.17. The Bertz CT molecular complexity index is 1100. The van der Waals surface area contributed by atoms with Crippen molar-refractivity contribution in [1.82, 2.24) is 14.9 Å². The monoisotopic (exact) mass is 495 g/mol. The van der Waals surface area contributed by atoms with Crippen LogP contribution in [0, 0.1) is 0 Å². The number of hydrogen-bond acceptors (Lipinski definition) is 5. The highest BCUT2D eigenvalue weighted by atomic mass is 35.5. The summed E-state index contributed by atoms with van der Waals surface area (Å²) in [4.78, 5) is 29.1. The maximum absolute atomic E-state index is 12.6. The van der Waals surface area contributed by atoms with Crippen LogP contribution in [-0.2, 0) is 27.9 Å². The van der Waals surface area contributed by atoms with E-state index in [0.717, 1.165) is 4.57 Å². The van der Waals surface area contributed by atoms with Crippen LogP contribution in [0.4, 0.5) is 13.2 Å². The van der Waals surface area contributed by atoms with Crippen LogP contribution in [0.5, 0.6) is 0 Å². The molecule has 2 N–H and O–H groups in total. The number of nitrogens with zero attached hydrogens (tertiary/aromatic N) is 2. The first-order valence-electron chi connectivity index (χ1n) is 9.49. The van der Waals surface area contributed by atoms with Crippen molar-refractivity contribution in [3.05, 3.63) is 51.5 Å². The third kappa shape index (κ3) is 8.97. The Balaban J connectivity index is 2.22. The van der Waals surface area contributed by atoms with E-state index in [0.29, 0.717) is 10.6 Å². The molecule has 0 saturated carbocycles. The first kappa shape index (κ1) is 25.8. The molecule has 0 saturated heterocycles. The van der Waals surface area contributed by atoms with Gasteiger partial charge in [-0.2, -0.15) is 21.6 Å². The van der Waals surface area contributed by atoms with E-state index >= 15 is 0 Å². The normalized spacial score (nSPS) is 12.0. The number of aromatic nitrogens is 2. The zero-order valence-corrected chi connectivity index (χ0v) is 18.3. The number of benzene rings is 1. The largest absolute Gasteiger partial charge is 0.389 e.